The molecule has 17 heavy (non-hydrogen) atoms. The summed E-state index contributed by atoms with van der Waals surface area (Å²) in [4.78, 5) is 2.60. The molecule has 1 aliphatic carbocycles. The lowest BCUT2D eigenvalue weighted by atomic mass is 9.99. The van der Waals surface area contributed by atoms with Gasteiger partial charge in [0.05, 0.1) is 0 Å². The van der Waals surface area contributed by atoms with Crippen molar-refractivity contribution in [2.75, 3.05) is 0 Å². The highest BCUT2D eigenvalue weighted by molar-refractivity contribution is 5.15. The summed E-state index contributed by atoms with van der Waals surface area (Å²) in [5.74, 6) is 0. The lowest BCUT2D eigenvalue weighted by Crippen LogP contribution is -2.39. The summed E-state index contributed by atoms with van der Waals surface area (Å²) in [5, 5.41) is 0. The Balaban J connectivity index is 2.07. The van der Waals surface area contributed by atoms with Gasteiger partial charge in [-0.1, -0.05) is 42.5 Å². The minimum Gasteiger partial charge on any atom is -0.290 e. The van der Waals surface area contributed by atoms with Crippen LogP contribution >= 0.6 is 0 Å². The average molecular weight is 229 g/mol. The second kappa shape index (κ2) is 6.02. The monoisotopic (exact) mass is 229 g/mol. The fourth-order valence-electron chi connectivity index (χ4n) is 2.55. The molecule has 1 aromatic rings. The van der Waals surface area contributed by atoms with Crippen molar-refractivity contribution >= 4 is 0 Å². The maximum Gasteiger partial charge on any atom is 0.0284 e. The second-order valence-corrected chi connectivity index (χ2v) is 5.18. The first-order valence-electron chi connectivity index (χ1n) is 6.73. The molecule has 0 N–H and O–H groups in total. The molecule has 0 aliphatic heterocycles. The zero-order valence-corrected chi connectivity index (χ0v) is 11.0. The molecule has 1 unspecified atom stereocenters. The Morgan fingerprint density at radius 3 is 2.59 bits per heavy atom. The lowest BCUT2D eigenvalue weighted by molar-refractivity contribution is 0.160. The van der Waals surface area contributed by atoms with E-state index in [1.807, 2.05) is 0 Å². The molecule has 1 aromatic carbocycles. The number of hydrogen-bond donors (Lipinski definition) is 0. The van der Waals surface area contributed by atoms with Crippen LogP contribution in [0.2, 0.25) is 0 Å². The smallest absolute Gasteiger partial charge is 0.0284 e. The summed E-state index contributed by atoms with van der Waals surface area (Å²) >= 11 is 0. The van der Waals surface area contributed by atoms with Crippen molar-refractivity contribution in [3.63, 3.8) is 0 Å². The number of benzene rings is 1. The third-order valence-electron chi connectivity index (χ3n) is 3.53. The van der Waals surface area contributed by atoms with E-state index in [1.165, 1.54) is 24.8 Å². The van der Waals surface area contributed by atoms with Gasteiger partial charge in [0.2, 0.25) is 0 Å². The van der Waals surface area contributed by atoms with Crippen LogP contribution in [0.4, 0.5) is 0 Å². The molecular formula is C16H23N. The molecule has 0 aromatic heterocycles. The van der Waals surface area contributed by atoms with Gasteiger partial charge in [-0.15, -0.1) is 0 Å². The second-order valence-electron chi connectivity index (χ2n) is 5.18. The number of rotatable bonds is 4. The first kappa shape index (κ1) is 12.4. The van der Waals surface area contributed by atoms with Crippen LogP contribution < -0.4 is 0 Å². The van der Waals surface area contributed by atoms with E-state index in [2.05, 4.69) is 61.2 Å². The zero-order valence-electron chi connectivity index (χ0n) is 11.0. The molecule has 92 valence electrons. The van der Waals surface area contributed by atoms with E-state index >= 15 is 0 Å². The maximum atomic E-state index is 2.60. The largest absolute Gasteiger partial charge is 0.290 e. The fraction of sp³-hybridized carbons (Fsp3) is 0.500. The van der Waals surface area contributed by atoms with Gasteiger partial charge in [-0.3, -0.25) is 4.90 Å². The van der Waals surface area contributed by atoms with Crippen molar-refractivity contribution in [3.05, 3.63) is 48.0 Å². The molecule has 0 saturated carbocycles. The van der Waals surface area contributed by atoms with Gasteiger partial charge in [0.15, 0.2) is 0 Å². The summed E-state index contributed by atoms with van der Waals surface area (Å²) in [6.07, 6.45) is 8.63. The first-order valence-corrected chi connectivity index (χ1v) is 6.73. The lowest BCUT2D eigenvalue weighted by Gasteiger charge is -2.34. The van der Waals surface area contributed by atoms with Crippen LogP contribution in [0, 0.1) is 0 Å². The standard InChI is InChI=1S/C16H23N/c1-14(2)17(16-11-7-4-8-12-16)13-15-9-5-3-6-10-15/h3,5-7,9-11,14,16H,4,8,12-13H2,1-2H3. The molecule has 1 aliphatic rings. The van der Waals surface area contributed by atoms with Crippen molar-refractivity contribution in [2.24, 2.45) is 0 Å². The van der Waals surface area contributed by atoms with E-state index in [0.29, 0.717) is 12.1 Å². The fourth-order valence-corrected chi connectivity index (χ4v) is 2.55. The quantitative estimate of drug-likeness (QED) is 0.705. The Bertz CT molecular complexity index is 353. The molecular weight excluding hydrogens is 206 g/mol. The summed E-state index contributed by atoms with van der Waals surface area (Å²) in [5.41, 5.74) is 1.42. The van der Waals surface area contributed by atoms with E-state index in [9.17, 15) is 0 Å². The van der Waals surface area contributed by atoms with Crippen LogP contribution in [0.3, 0.4) is 0 Å². The third-order valence-corrected chi connectivity index (χ3v) is 3.53. The van der Waals surface area contributed by atoms with Gasteiger partial charge < -0.3 is 0 Å². The summed E-state index contributed by atoms with van der Waals surface area (Å²) < 4.78 is 0. The van der Waals surface area contributed by atoms with E-state index in [-0.39, 0.29) is 0 Å². The van der Waals surface area contributed by atoms with Crippen LogP contribution in [-0.2, 0) is 6.54 Å². The Morgan fingerprint density at radius 2 is 2.00 bits per heavy atom. The third kappa shape index (κ3) is 3.44. The van der Waals surface area contributed by atoms with Crippen molar-refractivity contribution in [3.8, 4) is 0 Å². The summed E-state index contributed by atoms with van der Waals surface area (Å²) in [6.45, 7) is 5.66. The van der Waals surface area contributed by atoms with Gasteiger partial charge in [-0.2, -0.15) is 0 Å². The van der Waals surface area contributed by atoms with Gasteiger partial charge in [0.25, 0.3) is 0 Å². The van der Waals surface area contributed by atoms with Crippen LogP contribution in [0.1, 0.15) is 38.7 Å². The Labute approximate surface area is 105 Å². The van der Waals surface area contributed by atoms with Gasteiger partial charge in [0, 0.05) is 18.6 Å². The van der Waals surface area contributed by atoms with Gasteiger partial charge >= 0.3 is 0 Å². The Kier molecular flexibility index (Phi) is 4.38. The zero-order chi connectivity index (χ0) is 12.1. The molecule has 0 amide bonds. The Hall–Kier alpha value is -1.08. The van der Waals surface area contributed by atoms with E-state index < -0.39 is 0 Å². The molecule has 1 atom stereocenters. The van der Waals surface area contributed by atoms with Crippen molar-refractivity contribution < 1.29 is 0 Å². The molecule has 1 nitrogen and oxygen atoms in total. The number of hydrogen-bond acceptors (Lipinski definition) is 1. The van der Waals surface area contributed by atoms with E-state index in [4.69, 9.17) is 0 Å². The van der Waals surface area contributed by atoms with Crippen molar-refractivity contribution in [1.29, 1.82) is 0 Å². The predicted molar refractivity (Wildman–Crippen MR) is 73.9 cm³/mol. The highest BCUT2D eigenvalue weighted by Crippen LogP contribution is 2.21. The molecule has 0 heterocycles. The molecule has 1 heteroatoms. The van der Waals surface area contributed by atoms with E-state index in [1.54, 1.807) is 0 Å². The molecule has 2 rings (SSSR count). The predicted octanol–water partition coefficient (Wildman–Crippen LogP) is 4.01. The molecule has 0 radical (unpaired) electrons. The van der Waals surface area contributed by atoms with E-state index in [0.717, 1.165) is 6.54 Å². The summed E-state index contributed by atoms with van der Waals surface area (Å²) in [7, 11) is 0. The highest BCUT2D eigenvalue weighted by atomic mass is 15.2. The van der Waals surface area contributed by atoms with Gasteiger partial charge in [-0.25, -0.2) is 0 Å². The normalized spacial score (nSPS) is 20.1. The molecule has 0 fully saturated rings. The molecule has 0 bridgehead atoms. The average Bonchev–Trinajstić information content (AvgIpc) is 2.38. The molecule has 0 spiro atoms. The Morgan fingerprint density at radius 1 is 1.24 bits per heavy atom. The minimum atomic E-state index is 0.600. The SMILES string of the molecule is CC(C)N(Cc1ccccc1)C1C=CCCC1. The van der Waals surface area contributed by atoms with Crippen LogP contribution in [-0.4, -0.2) is 17.0 Å². The van der Waals surface area contributed by atoms with Crippen LogP contribution in [0.5, 0.6) is 0 Å². The highest BCUT2D eigenvalue weighted by Gasteiger charge is 2.20. The topological polar surface area (TPSA) is 3.24 Å². The van der Waals surface area contributed by atoms with Crippen molar-refractivity contribution in [1.82, 2.24) is 4.90 Å². The van der Waals surface area contributed by atoms with Gasteiger partial charge in [-0.05, 0) is 38.7 Å². The minimum absolute atomic E-state index is 0.600. The van der Waals surface area contributed by atoms with Crippen molar-refractivity contribution in [2.45, 2.75) is 51.7 Å². The molecule has 0 saturated heterocycles. The van der Waals surface area contributed by atoms with Gasteiger partial charge in [0.1, 0.15) is 0 Å². The summed E-state index contributed by atoms with van der Waals surface area (Å²) in [6, 6.07) is 12.0. The van der Waals surface area contributed by atoms with Crippen LogP contribution in [0.15, 0.2) is 42.5 Å². The maximum absolute atomic E-state index is 2.60. The number of nitrogens with zero attached hydrogens (tertiary/aromatic N) is 1. The van der Waals surface area contributed by atoms with Crippen LogP contribution in [0.25, 0.3) is 0 Å². The number of allylic oxidation sites excluding steroid dienone is 1. The first-order chi connectivity index (χ1) is 8.27.